The first-order valence-corrected chi connectivity index (χ1v) is 6.01. The van der Waals surface area contributed by atoms with E-state index >= 15 is 0 Å². The molecule has 0 aliphatic heterocycles. The number of benzene rings is 1. The van der Waals surface area contributed by atoms with Crippen LogP contribution in [-0.4, -0.2) is 33.6 Å². The van der Waals surface area contributed by atoms with Crippen molar-refractivity contribution in [3.05, 3.63) is 46.9 Å². The third kappa shape index (κ3) is 2.48. The Morgan fingerprint density at radius 1 is 1.29 bits per heavy atom. The average molecular weight is 288 g/mol. The summed E-state index contributed by atoms with van der Waals surface area (Å²) in [4.78, 5) is 23.2. The SMILES string of the molecule is Cc1ccccc1N=NC1(N=O)C(=O)/C(=N/O)C=CC1O. The Balaban J connectivity index is 2.47. The van der Waals surface area contributed by atoms with E-state index in [1.165, 1.54) is 0 Å². The second kappa shape index (κ2) is 5.71. The topological polar surface area (TPSA) is 124 Å². The van der Waals surface area contributed by atoms with Crippen LogP contribution in [0.25, 0.3) is 0 Å². The van der Waals surface area contributed by atoms with Gasteiger partial charge >= 0.3 is 5.66 Å². The Labute approximate surface area is 119 Å². The molecule has 0 heterocycles. The smallest absolute Gasteiger partial charge is 0.304 e. The van der Waals surface area contributed by atoms with Gasteiger partial charge in [0, 0.05) is 0 Å². The molecule has 2 N–H and O–H groups in total. The first kappa shape index (κ1) is 14.7. The average Bonchev–Trinajstić information content (AvgIpc) is 2.49. The fourth-order valence-corrected chi connectivity index (χ4v) is 1.82. The number of aliphatic hydroxyl groups excluding tert-OH is 1. The van der Waals surface area contributed by atoms with Gasteiger partial charge in [-0.1, -0.05) is 23.4 Å². The summed E-state index contributed by atoms with van der Waals surface area (Å²) in [6.07, 6.45) is 0.592. The summed E-state index contributed by atoms with van der Waals surface area (Å²) in [5, 5.41) is 31.4. The first-order valence-electron chi connectivity index (χ1n) is 6.01. The molecule has 0 saturated carbocycles. The number of ketones is 1. The molecule has 0 radical (unpaired) electrons. The predicted molar refractivity (Wildman–Crippen MR) is 73.6 cm³/mol. The van der Waals surface area contributed by atoms with Crippen LogP contribution in [0.3, 0.4) is 0 Å². The standard InChI is InChI=1S/C13H12N4O4/c1-8-4-2-3-5-9(8)14-16-13(17-21)11(18)7-6-10(15-20)12(13)19/h2-7,11,18,20H,1H3/b15-10+,16-14?. The number of allylic oxidation sites excluding steroid dienone is 1. The largest absolute Gasteiger partial charge is 0.410 e. The van der Waals surface area contributed by atoms with E-state index in [1.807, 2.05) is 0 Å². The molecule has 8 heteroatoms. The number of nitrogens with zero attached hydrogens (tertiary/aromatic N) is 4. The van der Waals surface area contributed by atoms with Crippen molar-refractivity contribution in [2.75, 3.05) is 0 Å². The number of Topliss-reactive ketones (excluding diaryl/α,β-unsaturated/α-hetero) is 1. The van der Waals surface area contributed by atoms with Crippen LogP contribution >= 0.6 is 0 Å². The van der Waals surface area contributed by atoms with E-state index in [2.05, 4.69) is 20.6 Å². The van der Waals surface area contributed by atoms with Gasteiger partial charge in [-0.3, -0.25) is 4.79 Å². The van der Waals surface area contributed by atoms with Crippen molar-refractivity contribution in [3.63, 3.8) is 0 Å². The van der Waals surface area contributed by atoms with Crippen LogP contribution in [0.1, 0.15) is 5.56 Å². The maximum absolute atomic E-state index is 12.1. The van der Waals surface area contributed by atoms with Gasteiger partial charge in [0.25, 0.3) is 0 Å². The summed E-state index contributed by atoms with van der Waals surface area (Å²) >= 11 is 0. The number of oxime groups is 1. The molecule has 0 saturated heterocycles. The van der Waals surface area contributed by atoms with Gasteiger partial charge in [-0.15, -0.1) is 10.0 Å². The number of nitroso groups, excluding NO2 is 1. The summed E-state index contributed by atoms with van der Waals surface area (Å²) in [6, 6.07) is 6.91. The number of rotatable bonds is 3. The van der Waals surface area contributed by atoms with Crippen molar-refractivity contribution in [2.45, 2.75) is 18.7 Å². The Hall–Kier alpha value is -2.74. The molecular formula is C13H12N4O4. The van der Waals surface area contributed by atoms with Gasteiger partial charge in [0.05, 0.1) is 5.69 Å². The summed E-state index contributed by atoms with van der Waals surface area (Å²) in [5.74, 6) is -1.02. The minimum Gasteiger partial charge on any atom is -0.410 e. The van der Waals surface area contributed by atoms with E-state index in [-0.39, 0.29) is 0 Å². The molecule has 0 fully saturated rings. The van der Waals surface area contributed by atoms with E-state index in [0.717, 1.165) is 17.7 Å². The molecule has 1 aliphatic carbocycles. The Kier molecular flexibility index (Phi) is 3.99. The van der Waals surface area contributed by atoms with Crippen LogP contribution in [-0.2, 0) is 4.79 Å². The van der Waals surface area contributed by atoms with Gasteiger partial charge in [0.1, 0.15) is 11.8 Å². The molecule has 8 nitrogen and oxygen atoms in total. The number of aliphatic hydroxyl groups is 1. The van der Waals surface area contributed by atoms with Crippen molar-refractivity contribution in [1.82, 2.24) is 0 Å². The molecule has 108 valence electrons. The highest BCUT2D eigenvalue weighted by Gasteiger charge is 2.51. The van der Waals surface area contributed by atoms with Crippen LogP contribution in [0.15, 0.2) is 57.0 Å². The van der Waals surface area contributed by atoms with Gasteiger partial charge < -0.3 is 10.3 Å². The normalized spacial score (nSPS) is 27.4. The zero-order valence-corrected chi connectivity index (χ0v) is 11.0. The second-order valence-corrected chi connectivity index (χ2v) is 4.42. The molecule has 21 heavy (non-hydrogen) atoms. The fourth-order valence-electron chi connectivity index (χ4n) is 1.82. The van der Waals surface area contributed by atoms with Gasteiger partial charge in [-0.05, 0) is 35.9 Å². The van der Waals surface area contributed by atoms with Crippen molar-refractivity contribution in [1.29, 1.82) is 0 Å². The van der Waals surface area contributed by atoms with E-state index in [9.17, 15) is 14.8 Å². The zero-order valence-electron chi connectivity index (χ0n) is 11.0. The fraction of sp³-hybridized carbons (Fsp3) is 0.231. The first-order chi connectivity index (χ1) is 10.0. The molecule has 2 unspecified atom stereocenters. The predicted octanol–water partition coefficient (Wildman–Crippen LogP) is 1.87. The molecule has 0 aromatic heterocycles. The number of hydrogen-bond donors (Lipinski definition) is 2. The second-order valence-electron chi connectivity index (χ2n) is 4.42. The lowest BCUT2D eigenvalue weighted by atomic mass is 9.90. The number of carbonyl (C=O) groups excluding carboxylic acids is 1. The van der Waals surface area contributed by atoms with Gasteiger partial charge in [-0.2, -0.15) is 5.11 Å². The molecule has 0 bridgehead atoms. The van der Waals surface area contributed by atoms with Crippen molar-refractivity contribution < 1.29 is 15.1 Å². The highest BCUT2D eigenvalue weighted by Crippen LogP contribution is 2.28. The van der Waals surface area contributed by atoms with Gasteiger partial charge in [0.15, 0.2) is 0 Å². The molecule has 1 aliphatic rings. The third-order valence-corrected chi connectivity index (χ3v) is 3.09. The Bertz CT molecular complexity index is 668. The van der Waals surface area contributed by atoms with Crippen molar-refractivity contribution in [3.8, 4) is 0 Å². The van der Waals surface area contributed by atoms with E-state index in [0.29, 0.717) is 5.69 Å². The van der Waals surface area contributed by atoms with Crippen LogP contribution < -0.4 is 0 Å². The summed E-state index contributed by atoms with van der Waals surface area (Å²) < 4.78 is 0. The number of carbonyl (C=O) groups is 1. The molecule has 0 amide bonds. The van der Waals surface area contributed by atoms with Crippen molar-refractivity contribution in [2.24, 2.45) is 20.6 Å². The minimum absolute atomic E-state index is 0.427. The van der Waals surface area contributed by atoms with E-state index in [4.69, 9.17) is 5.21 Å². The molecule has 2 atom stereocenters. The zero-order chi connectivity index (χ0) is 15.5. The highest BCUT2D eigenvalue weighted by molar-refractivity contribution is 6.47. The van der Waals surface area contributed by atoms with Crippen LogP contribution in [0.4, 0.5) is 5.69 Å². The molecular weight excluding hydrogens is 276 g/mol. The summed E-state index contributed by atoms with van der Waals surface area (Å²) in [7, 11) is 0. The van der Waals surface area contributed by atoms with Crippen LogP contribution in [0.2, 0.25) is 0 Å². The number of aryl methyl sites for hydroxylation is 1. The maximum atomic E-state index is 12.1. The van der Waals surface area contributed by atoms with E-state index < -0.39 is 23.3 Å². The van der Waals surface area contributed by atoms with Crippen molar-refractivity contribution >= 4 is 17.2 Å². The highest BCUT2D eigenvalue weighted by atomic mass is 16.4. The number of azo groups is 1. The molecule has 2 rings (SSSR count). The molecule has 1 aromatic carbocycles. The van der Waals surface area contributed by atoms with Crippen LogP contribution in [0, 0.1) is 11.8 Å². The molecule has 1 aromatic rings. The summed E-state index contributed by atoms with van der Waals surface area (Å²) in [6.45, 7) is 1.77. The van der Waals surface area contributed by atoms with Crippen LogP contribution in [0.5, 0.6) is 0 Å². The lowest BCUT2D eigenvalue weighted by Gasteiger charge is -2.25. The minimum atomic E-state index is -2.38. The maximum Gasteiger partial charge on any atom is 0.304 e. The van der Waals surface area contributed by atoms with E-state index in [1.54, 1.807) is 31.2 Å². The van der Waals surface area contributed by atoms with Gasteiger partial charge in [-0.25, -0.2) is 0 Å². The lowest BCUT2D eigenvalue weighted by Crippen LogP contribution is -2.50. The summed E-state index contributed by atoms with van der Waals surface area (Å²) in [5.41, 5.74) is -1.61. The van der Waals surface area contributed by atoms with Gasteiger partial charge in [0.2, 0.25) is 5.78 Å². The third-order valence-electron chi connectivity index (χ3n) is 3.09. The Morgan fingerprint density at radius 3 is 2.62 bits per heavy atom. The Morgan fingerprint density at radius 2 is 2.00 bits per heavy atom. The quantitative estimate of drug-likeness (QED) is 0.381. The number of hydrogen-bond acceptors (Lipinski definition) is 8. The monoisotopic (exact) mass is 288 g/mol. The molecule has 0 spiro atoms. The lowest BCUT2D eigenvalue weighted by molar-refractivity contribution is -0.120.